The van der Waals surface area contributed by atoms with Crippen LogP contribution in [0, 0.1) is 0 Å². The standard InChI is InChI=1S/C11H13N3O3/c1-11(2,10(16)17)14-6-8(15)13-7-4-3-5-12-9(7)14/h3-5H,6H2,1-2H3,(H,13,15)(H,16,17). The summed E-state index contributed by atoms with van der Waals surface area (Å²) in [5.74, 6) is -0.747. The lowest BCUT2D eigenvalue weighted by Crippen LogP contribution is -2.55. The number of aromatic nitrogens is 1. The van der Waals surface area contributed by atoms with E-state index in [0.29, 0.717) is 11.5 Å². The summed E-state index contributed by atoms with van der Waals surface area (Å²) in [7, 11) is 0. The number of aliphatic carboxylic acids is 1. The fourth-order valence-corrected chi connectivity index (χ4v) is 1.70. The number of carbonyl (C=O) groups is 2. The van der Waals surface area contributed by atoms with Crippen LogP contribution in [0.15, 0.2) is 18.3 Å². The van der Waals surface area contributed by atoms with Gasteiger partial charge in [-0.15, -0.1) is 0 Å². The molecule has 0 atom stereocenters. The zero-order valence-electron chi connectivity index (χ0n) is 9.60. The first-order valence-corrected chi connectivity index (χ1v) is 5.19. The van der Waals surface area contributed by atoms with Gasteiger partial charge in [0, 0.05) is 6.20 Å². The number of hydrogen-bond acceptors (Lipinski definition) is 4. The first kappa shape index (κ1) is 11.4. The molecule has 2 rings (SSSR count). The molecule has 1 amide bonds. The summed E-state index contributed by atoms with van der Waals surface area (Å²) in [5, 5.41) is 11.9. The van der Waals surface area contributed by atoms with Crippen molar-refractivity contribution in [2.75, 3.05) is 16.8 Å². The lowest BCUT2D eigenvalue weighted by Gasteiger charge is -2.38. The van der Waals surface area contributed by atoms with Crippen LogP contribution in [0.2, 0.25) is 0 Å². The van der Waals surface area contributed by atoms with Gasteiger partial charge in [-0.1, -0.05) is 0 Å². The second-order valence-electron chi connectivity index (χ2n) is 4.37. The Kier molecular flexibility index (Phi) is 2.49. The fraction of sp³-hybridized carbons (Fsp3) is 0.364. The molecule has 0 radical (unpaired) electrons. The minimum absolute atomic E-state index is 0.0106. The van der Waals surface area contributed by atoms with Crippen LogP contribution in [0.4, 0.5) is 11.5 Å². The Morgan fingerprint density at radius 3 is 2.94 bits per heavy atom. The Balaban J connectivity index is 2.50. The summed E-state index contributed by atoms with van der Waals surface area (Å²) in [4.78, 5) is 28.4. The maximum Gasteiger partial charge on any atom is 0.329 e. The van der Waals surface area contributed by atoms with Gasteiger partial charge >= 0.3 is 5.97 Å². The van der Waals surface area contributed by atoms with Gasteiger partial charge < -0.3 is 15.3 Å². The van der Waals surface area contributed by atoms with Crippen molar-refractivity contribution < 1.29 is 14.7 Å². The summed E-state index contributed by atoms with van der Waals surface area (Å²) in [5.41, 5.74) is -0.640. The van der Waals surface area contributed by atoms with Crippen molar-refractivity contribution >= 4 is 23.4 Å². The Hall–Kier alpha value is -2.11. The second-order valence-corrected chi connectivity index (χ2v) is 4.37. The highest BCUT2D eigenvalue weighted by Crippen LogP contribution is 2.31. The molecule has 1 aliphatic rings. The highest BCUT2D eigenvalue weighted by atomic mass is 16.4. The molecule has 0 fully saturated rings. The number of rotatable bonds is 2. The van der Waals surface area contributed by atoms with Crippen LogP contribution in [-0.4, -0.2) is 34.1 Å². The van der Waals surface area contributed by atoms with E-state index in [-0.39, 0.29) is 12.5 Å². The first-order valence-electron chi connectivity index (χ1n) is 5.19. The molecule has 0 aromatic carbocycles. The van der Waals surface area contributed by atoms with E-state index in [2.05, 4.69) is 10.3 Å². The van der Waals surface area contributed by atoms with E-state index in [4.69, 9.17) is 0 Å². The third kappa shape index (κ3) is 1.82. The van der Waals surface area contributed by atoms with E-state index >= 15 is 0 Å². The molecule has 0 saturated heterocycles. The molecule has 2 heterocycles. The number of carboxylic acid groups (broad SMARTS) is 1. The zero-order chi connectivity index (χ0) is 12.6. The van der Waals surface area contributed by atoms with Crippen LogP contribution in [0.1, 0.15) is 13.8 Å². The van der Waals surface area contributed by atoms with E-state index in [0.717, 1.165) is 0 Å². The van der Waals surface area contributed by atoms with E-state index in [1.807, 2.05) is 0 Å². The van der Waals surface area contributed by atoms with Crippen molar-refractivity contribution in [3.63, 3.8) is 0 Å². The van der Waals surface area contributed by atoms with Gasteiger partial charge in [-0.25, -0.2) is 9.78 Å². The number of pyridine rings is 1. The predicted octanol–water partition coefficient (Wildman–Crippen LogP) is 0.703. The Labute approximate surface area is 98.3 Å². The zero-order valence-corrected chi connectivity index (χ0v) is 9.60. The maximum absolute atomic E-state index is 11.5. The quantitative estimate of drug-likeness (QED) is 0.788. The summed E-state index contributed by atoms with van der Waals surface area (Å²) in [6, 6.07) is 3.39. The minimum Gasteiger partial charge on any atom is -0.480 e. The fourth-order valence-electron chi connectivity index (χ4n) is 1.70. The number of amides is 1. The molecule has 0 aliphatic carbocycles. The van der Waals surface area contributed by atoms with Crippen molar-refractivity contribution in [2.45, 2.75) is 19.4 Å². The van der Waals surface area contributed by atoms with E-state index < -0.39 is 11.5 Å². The summed E-state index contributed by atoms with van der Waals surface area (Å²) in [6.07, 6.45) is 1.57. The molecule has 0 bridgehead atoms. The number of nitrogens with zero attached hydrogens (tertiary/aromatic N) is 2. The lowest BCUT2D eigenvalue weighted by molar-refractivity contribution is -0.142. The average Bonchev–Trinajstić information content (AvgIpc) is 2.27. The molecule has 1 aromatic heterocycles. The van der Waals surface area contributed by atoms with Gasteiger partial charge in [0.05, 0.1) is 12.2 Å². The molecular formula is C11H13N3O3. The monoisotopic (exact) mass is 235 g/mol. The van der Waals surface area contributed by atoms with Crippen LogP contribution in [0.5, 0.6) is 0 Å². The number of hydrogen-bond donors (Lipinski definition) is 2. The third-order valence-corrected chi connectivity index (χ3v) is 2.82. The SMILES string of the molecule is CC(C)(C(=O)O)N1CC(=O)Nc2cccnc21. The van der Waals surface area contributed by atoms with Crippen LogP contribution >= 0.6 is 0 Å². The Morgan fingerprint density at radius 2 is 2.29 bits per heavy atom. The van der Waals surface area contributed by atoms with Crippen LogP contribution in [-0.2, 0) is 9.59 Å². The van der Waals surface area contributed by atoms with Crippen LogP contribution < -0.4 is 10.2 Å². The van der Waals surface area contributed by atoms with Gasteiger partial charge in [-0.3, -0.25) is 4.79 Å². The summed E-state index contributed by atoms with van der Waals surface area (Å²) >= 11 is 0. The minimum atomic E-state index is -1.18. The number of carboxylic acids is 1. The number of fused-ring (bicyclic) bond motifs is 1. The molecule has 1 aliphatic heterocycles. The van der Waals surface area contributed by atoms with Gasteiger partial charge in [0.25, 0.3) is 0 Å². The molecule has 17 heavy (non-hydrogen) atoms. The highest BCUT2D eigenvalue weighted by Gasteiger charge is 2.39. The summed E-state index contributed by atoms with van der Waals surface area (Å²) in [6.45, 7) is 3.09. The molecule has 2 N–H and O–H groups in total. The maximum atomic E-state index is 11.5. The molecule has 6 nitrogen and oxygen atoms in total. The lowest BCUT2D eigenvalue weighted by atomic mass is 10.0. The van der Waals surface area contributed by atoms with Crippen LogP contribution in [0.25, 0.3) is 0 Å². The van der Waals surface area contributed by atoms with Gasteiger partial charge in [0.2, 0.25) is 5.91 Å². The molecule has 90 valence electrons. The Morgan fingerprint density at radius 1 is 1.59 bits per heavy atom. The van der Waals surface area contributed by atoms with Crippen molar-refractivity contribution in [1.29, 1.82) is 0 Å². The van der Waals surface area contributed by atoms with Crippen molar-refractivity contribution in [2.24, 2.45) is 0 Å². The van der Waals surface area contributed by atoms with Crippen molar-refractivity contribution in [3.05, 3.63) is 18.3 Å². The molecular weight excluding hydrogens is 222 g/mol. The molecule has 0 saturated carbocycles. The molecule has 0 spiro atoms. The third-order valence-electron chi connectivity index (χ3n) is 2.82. The largest absolute Gasteiger partial charge is 0.480 e. The van der Waals surface area contributed by atoms with Gasteiger partial charge in [0.1, 0.15) is 5.54 Å². The molecule has 6 heteroatoms. The number of anilines is 2. The van der Waals surface area contributed by atoms with Crippen molar-refractivity contribution in [3.8, 4) is 0 Å². The van der Waals surface area contributed by atoms with Gasteiger partial charge in [-0.2, -0.15) is 0 Å². The Bertz CT molecular complexity index is 485. The number of nitrogens with one attached hydrogen (secondary N) is 1. The van der Waals surface area contributed by atoms with Crippen LogP contribution in [0.3, 0.4) is 0 Å². The number of carbonyl (C=O) groups excluding carboxylic acids is 1. The van der Waals surface area contributed by atoms with Crippen molar-refractivity contribution in [1.82, 2.24) is 4.98 Å². The highest BCUT2D eigenvalue weighted by molar-refractivity contribution is 6.02. The summed E-state index contributed by atoms with van der Waals surface area (Å²) < 4.78 is 0. The molecule has 0 unspecified atom stereocenters. The average molecular weight is 235 g/mol. The smallest absolute Gasteiger partial charge is 0.329 e. The van der Waals surface area contributed by atoms with E-state index in [1.54, 1.807) is 32.2 Å². The van der Waals surface area contributed by atoms with E-state index in [9.17, 15) is 14.7 Å². The second kappa shape index (κ2) is 3.73. The molecule has 1 aromatic rings. The van der Waals surface area contributed by atoms with Gasteiger partial charge in [0.15, 0.2) is 5.82 Å². The normalized spacial score (nSPS) is 15.2. The van der Waals surface area contributed by atoms with E-state index in [1.165, 1.54) is 4.90 Å². The van der Waals surface area contributed by atoms with Gasteiger partial charge in [-0.05, 0) is 26.0 Å². The first-order chi connectivity index (χ1) is 7.93. The topological polar surface area (TPSA) is 82.5 Å². The predicted molar refractivity (Wildman–Crippen MR) is 61.9 cm³/mol.